The molecular weight excluding hydrogens is 559 g/mol. The second-order valence-electron chi connectivity index (χ2n) is 12.2. The molecule has 1 aromatic heterocycles. The SMILES string of the molecule is CCC1=C(C)/C2=C/c3[n-]c(c(C)c3CC)CC3N=C4/C(=C5\[N-]C(CC1=N2)C(C)C5C(=O)OC)C(=O)CC[C@H]4[C@@H]3C.[Ni+2]. The van der Waals surface area contributed by atoms with Gasteiger partial charge in [0.05, 0.1) is 24.8 Å². The molecule has 8 bridgehead atoms. The first kappa shape index (κ1) is 29.8. The van der Waals surface area contributed by atoms with Crippen LogP contribution in [0.5, 0.6) is 0 Å². The standard InChI is InChI=1S/C33H41N4O3.Ni/c1-8-19-15(3)22-12-24-17(5)21-10-11-28(38)30(31(21)36-24)32-29(33(39)40-7)18(6)25(37-32)14-27-20(9-2)16(4)23(35-27)13-26(19)34-22;/h13,17-18,21,24-25,29H,8-12,14H2,1-7H3,(H-,34,35,36,37,38);/q-1;+2/p-1/t17-,18?,21-,24?,25?,29?;/m0./s1. The summed E-state index contributed by atoms with van der Waals surface area (Å²) in [6, 6.07) is -0.142. The van der Waals surface area contributed by atoms with Gasteiger partial charge in [-0.25, -0.2) is 0 Å². The fourth-order valence-corrected chi connectivity index (χ4v) is 7.77. The van der Waals surface area contributed by atoms with Crippen molar-refractivity contribution in [2.75, 3.05) is 7.11 Å². The summed E-state index contributed by atoms with van der Waals surface area (Å²) in [5, 5.41) is 5.17. The maximum Gasteiger partial charge on any atom is 2.00 e. The van der Waals surface area contributed by atoms with Crippen molar-refractivity contribution in [3.63, 3.8) is 0 Å². The summed E-state index contributed by atoms with van der Waals surface area (Å²) in [4.78, 5) is 42.4. The van der Waals surface area contributed by atoms with Gasteiger partial charge in [0.2, 0.25) is 0 Å². The van der Waals surface area contributed by atoms with E-state index in [9.17, 15) is 9.59 Å². The van der Waals surface area contributed by atoms with E-state index in [1.807, 2.05) is 0 Å². The number of ketones is 1. The Bertz CT molecular complexity index is 1460. The van der Waals surface area contributed by atoms with E-state index in [1.54, 1.807) is 0 Å². The number of hydrogen-bond donors (Lipinski definition) is 0. The van der Waals surface area contributed by atoms with Crippen molar-refractivity contribution in [3.8, 4) is 0 Å². The Morgan fingerprint density at radius 1 is 1.12 bits per heavy atom. The van der Waals surface area contributed by atoms with E-state index in [1.165, 1.54) is 29.4 Å². The normalized spacial score (nSPS) is 33.5. The number of carbonyl (C=O) groups excluding carboxylic acids is 2. The van der Waals surface area contributed by atoms with Gasteiger partial charge in [0.25, 0.3) is 0 Å². The number of ether oxygens (including phenoxy) is 1. The van der Waals surface area contributed by atoms with Crippen LogP contribution in [-0.2, 0) is 43.7 Å². The summed E-state index contributed by atoms with van der Waals surface area (Å²) < 4.78 is 5.28. The van der Waals surface area contributed by atoms with Crippen molar-refractivity contribution in [1.82, 2.24) is 4.98 Å². The smallest absolute Gasteiger partial charge is 0.683 e. The van der Waals surface area contributed by atoms with Crippen LogP contribution in [0.15, 0.2) is 38.1 Å². The van der Waals surface area contributed by atoms with Crippen LogP contribution in [0.3, 0.4) is 0 Å². The Kier molecular flexibility index (Phi) is 8.10. The molecule has 0 aromatic carbocycles. The summed E-state index contributed by atoms with van der Waals surface area (Å²) in [5.74, 6) is -0.510. The largest absolute Gasteiger partial charge is 2.00 e. The fraction of sp³-hybridized carbons (Fsp3) is 0.576. The molecule has 4 unspecified atom stereocenters. The molecule has 0 N–H and O–H groups in total. The minimum atomic E-state index is -0.583. The fourth-order valence-electron chi connectivity index (χ4n) is 7.77. The van der Waals surface area contributed by atoms with E-state index in [0.29, 0.717) is 24.1 Å². The Morgan fingerprint density at radius 3 is 2.56 bits per heavy atom. The number of allylic oxidation sites excluding steroid dienone is 3. The number of fused-ring (bicyclic) bond motifs is 6. The molecule has 41 heavy (non-hydrogen) atoms. The molecule has 2 fully saturated rings. The van der Waals surface area contributed by atoms with Crippen molar-refractivity contribution >= 4 is 29.3 Å². The molecular formula is C33H40N4NiO3. The summed E-state index contributed by atoms with van der Waals surface area (Å²) in [6.45, 7) is 13.0. The average molecular weight is 599 g/mol. The van der Waals surface area contributed by atoms with Crippen LogP contribution in [0.1, 0.15) is 82.8 Å². The summed E-state index contributed by atoms with van der Waals surface area (Å²) in [5.41, 5.74) is 11.0. The van der Waals surface area contributed by atoms with Crippen LogP contribution in [0.25, 0.3) is 11.4 Å². The van der Waals surface area contributed by atoms with Gasteiger partial charge >= 0.3 is 22.5 Å². The molecule has 6 atom stereocenters. The number of hydrogen-bond acceptors (Lipinski definition) is 5. The molecule has 220 valence electrons. The number of methoxy groups -OCH3 is 1. The minimum Gasteiger partial charge on any atom is -0.683 e. The molecule has 6 rings (SSSR count). The summed E-state index contributed by atoms with van der Waals surface area (Å²) in [7, 11) is 1.42. The zero-order valence-corrected chi connectivity index (χ0v) is 26.1. The van der Waals surface area contributed by atoms with Crippen molar-refractivity contribution in [2.24, 2.45) is 33.7 Å². The number of rotatable bonds is 3. The zero-order valence-electron chi connectivity index (χ0n) is 25.1. The third kappa shape index (κ3) is 4.61. The molecule has 1 saturated heterocycles. The number of carbonyl (C=O) groups is 2. The maximum atomic E-state index is 13.6. The first-order valence-electron chi connectivity index (χ1n) is 15.0. The van der Waals surface area contributed by atoms with Gasteiger partial charge in [0.1, 0.15) is 0 Å². The van der Waals surface area contributed by atoms with E-state index < -0.39 is 5.92 Å². The molecule has 8 heteroatoms. The van der Waals surface area contributed by atoms with Crippen molar-refractivity contribution in [2.45, 2.75) is 92.2 Å². The number of aliphatic imine (C=N–C) groups is 2. The molecule has 5 aliphatic rings. The molecule has 1 saturated carbocycles. The van der Waals surface area contributed by atoms with E-state index in [2.05, 4.69) is 47.6 Å². The Labute approximate surface area is 253 Å². The van der Waals surface area contributed by atoms with E-state index in [-0.39, 0.29) is 58.1 Å². The van der Waals surface area contributed by atoms with Crippen molar-refractivity contribution in [3.05, 3.63) is 55.9 Å². The number of aromatic nitrogens is 1. The number of nitrogens with zero attached hydrogens (tertiary/aromatic N) is 4. The third-order valence-corrected chi connectivity index (χ3v) is 10.2. The first-order valence-corrected chi connectivity index (χ1v) is 15.0. The Balaban J connectivity index is 0.00000337. The van der Waals surface area contributed by atoms with Crippen molar-refractivity contribution < 1.29 is 30.8 Å². The molecule has 5 heterocycles. The maximum absolute atomic E-state index is 13.6. The molecule has 1 aliphatic carbocycles. The van der Waals surface area contributed by atoms with E-state index >= 15 is 0 Å². The van der Waals surface area contributed by atoms with E-state index in [0.717, 1.165) is 54.2 Å². The quantitative estimate of drug-likeness (QED) is 0.322. The van der Waals surface area contributed by atoms with Crippen molar-refractivity contribution in [1.29, 1.82) is 0 Å². The number of esters is 1. The van der Waals surface area contributed by atoms with Gasteiger partial charge in [-0.1, -0.05) is 44.9 Å². The predicted octanol–water partition coefficient (Wildman–Crippen LogP) is 5.85. The van der Waals surface area contributed by atoms with Gasteiger partial charge in [-0.3, -0.25) is 19.6 Å². The third-order valence-electron chi connectivity index (χ3n) is 10.2. The molecule has 7 nitrogen and oxygen atoms in total. The zero-order chi connectivity index (χ0) is 28.5. The predicted molar refractivity (Wildman–Crippen MR) is 158 cm³/mol. The second-order valence-corrected chi connectivity index (χ2v) is 12.2. The van der Waals surface area contributed by atoms with Crippen LogP contribution >= 0.6 is 0 Å². The molecule has 0 spiro atoms. The van der Waals surface area contributed by atoms with Crippen LogP contribution in [-0.4, -0.2) is 42.4 Å². The molecule has 0 radical (unpaired) electrons. The average Bonchev–Trinajstić information content (AvgIpc) is 3.61. The number of Topliss-reactive ketones (excluding diaryl/α,β-unsaturated/α-hetero) is 1. The van der Waals surface area contributed by atoms with E-state index in [4.69, 9.17) is 25.0 Å². The van der Waals surface area contributed by atoms with Gasteiger partial charge in [-0.05, 0) is 68.9 Å². The van der Waals surface area contributed by atoms with Gasteiger partial charge in [0, 0.05) is 29.3 Å². The monoisotopic (exact) mass is 598 g/mol. The molecule has 0 amide bonds. The van der Waals surface area contributed by atoms with Crippen LogP contribution < -0.4 is 4.98 Å². The van der Waals surface area contributed by atoms with Crippen LogP contribution in [0.2, 0.25) is 0 Å². The Hall–Kier alpha value is -2.73. The van der Waals surface area contributed by atoms with Crippen LogP contribution in [0.4, 0.5) is 0 Å². The first-order chi connectivity index (χ1) is 19.2. The molecule has 4 aliphatic heterocycles. The summed E-state index contributed by atoms with van der Waals surface area (Å²) >= 11 is 0. The Morgan fingerprint density at radius 2 is 1.88 bits per heavy atom. The van der Waals surface area contributed by atoms with Gasteiger partial charge in [0.15, 0.2) is 5.78 Å². The van der Waals surface area contributed by atoms with Gasteiger partial charge in [-0.2, -0.15) is 5.69 Å². The van der Waals surface area contributed by atoms with Gasteiger partial charge in [-0.15, -0.1) is 17.4 Å². The summed E-state index contributed by atoms with van der Waals surface area (Å²) in [6.07, 6.45) is 6.55. The minimum absolute atomic E-state index is 0. The topological polar surface area (TPSA) is 96.3 Å². The molecule has 1 aromatic rings. The second kappa shape index (κ2) is 11.2. The van der Waals surface area contributed by atoms with Gasteiger partial charge < -0.3 is 15.0 Å². The van der Waals surface area contributed by atoms with Crippen LogP contribution in [0, 0.1) is 30.6 Å².